The van der Waals surface area contributed by atoms with Gasteiger partial charge in [-0.25, -0.2) is 19.6 Å². The van der Waals surface area contributed by atoms with Crippen molar-refractivity contribution in [3.05, 3.63) is 71.1 Å². The van der Waals surface area contributed by atoms with Crippen LogP contribution >= 0.6 is 11.3 Å². The molecule has 0 aliphatic carbocycles. The molecule has 8 nitrogen and oxygen atoms in total. The van der Waals surface area contributed by atoms with Crippen molar-refractivity contribution in [3.63, 3.8) is 0 Å². The molecule has 0 aromatic carbocycles. The molecule has 0 saturated heterocycles. The lowest BCUT2D eigenvalue weighted by Gasteiger charge is -2.10. The van der Waals surface area contributed by atoms with Gasteiger partial charge in [0.15, 0.2) is 10.9 Å². The van der Waals surface area contributed by atoms with Gasteiger partial charge >= 0.3 is 0 Å². The van der Waals surface area contributed by atoms with E-state index in [1.807, 2.05) is 42.0 Å². The third-order valence-corrected chi connectivity index (χ3v) is 4.99. The van der Waals surface area contributed by atoms with Gasteiger partial charge in [0.05, 0.1) is 5.56 Å². The molecule has 4 aromatic heterocycles. The lowest BCUT2D eigenvalue weighted by Crippen LogP contribution is -2.24. The molecule has 0 atom stereocenters. The molecular formula is C18H17N7OS. The van der Waals surface area contributed by atoms with E-state index in [9.17, 15) is 4.79 Å². The first-order chi connectivity index (χ1) is 13.1. The fourth-order valence-corrected chi connectivity index (χ4v) is 3.73. The van der Waals surface area contributed by atoms with Gasteiger partial charge in [-0.15, -0.1) is 11.3 Å². The van der Waals surface area contributed by atoms with Crippen molar-refractivity contribution in [1.29, 1.82) is 0 Å². The molecule has 0 unspecified atom stereocenters. The zero-order chi connectivity index (χ0) is 18.8. The molecule has 136 valence electrons. The third kappa shape index (κ3) is 3.24. The summed E-state index contributed by atoms with van der Waals surface area (Å²) in [7, 11) is 0. The molecule has 4 heterocycles. The van der Waals surface area contributed by atoms with Crippen LogP contribution < -0.4 is 5.32 Å². The summed E-state index contributed by atoms with van der Waals surface area (Å²) >= 11 is 1.54. The second-order valence-corrected chi connectivity index (χ2v) is 6.82. The molecular weight excluding hydrogens is 362 g/mol. The quantitative estimate of drug-likeness (QED) is 0.575. The number of rotatable bonds is 5. The minimum Gasteiger partial charge on any atom is -0.348 e. The van der Waals surface area contributed by atoms with E-state index in [-0.39, 0.29) is 5.91 Å². The number of nitrogens with one attached hydrogen (secondary N) is 1. The third-order valence-electron chi connectivity index (χ3n) is 4.23. The molecule has 1 amide bonds. The Morgan fingerprint density at radius 1 is 1.26 bits per heavy atom. The number of thiazole rings is 1. The fraction of sp³-hybridized carbons (Fsp3) is 0.167. The highest BCUT2D eigenvalue weighted by molar-refractivity contribution is 7.12. The molecule has 4 aromatic rings. The summed E-state index contributed by atoms with van der Waals surface area (Å²) < 4.78 is 3.57. The van der Waals surface area contributed by atoms with Gasteiger partial charge in [0.2, 0.25) is 0 Å². The van der Waals surface area contributed by atoms with Crippen molar-refractivity contribution in [1.82, 2.24) is 34.6 Å². The molecule has 0 aliphatic rings. The maximum absolute atomic E-state index is 12.8. The molecule has 4 rings (SSSR count). The molecule has 0 aliphatic heterocycles. The van der Waals surface area contributed by atoms with E-state index in [0.717, 1.165) is 22.1 Å². The Kier molecular flexibility index (Phi) is 4.51. The van der Waals surface area contributed by atoms with Crippen LogP contribution in [0.2, 0.25) is 0 Å². The monoisotopic (exact) mass is 379 g/mol. The minimum absolute atomic E-state index is 0.140. The maximum atomic E-state index is 12.8. The SMILES string of the molecule is Cc1cc(C(=O)NCc2cccnc2-n2cncn2)c(C)n1-c1nccs1. The van der Waals surface area contributed by atoms with Crippen LogP contribution in [0.25, 0.3) is 10.9 Å². The number of nitrogens with zero attached hydrogens (tertiary/aromatic N) is 6. The molecule has 0 bridgehead atoms. The van der Waals surface area contributed by atoms with Crippen molar-refractivity contribution in [2.45, 2.75) is 20.4 Å². The second-order valence-electron chi connectivity index (χ2n) is 5.94. The Balaban J connectivity index is 1.56. The van der Waals surface area contributed by atoms with Crippen LogP contribution in [-0.2, 0) is 6.54 Å². The standard InChI is InChI=1S/C18H17N7OS/c1-12-8-15(13(2)25(12)18-21-6-7-27-18)17(26)22-9-14-4-3-5-20-16(14)24-11-19-10-23-24/h3-8,10-11H,9H2,1-2H3,(H,22,26). The van der Waals surface area contributed by atoms with E-state index in [1.165, 1.54) is 17.7 Å². The summed E-state index contributed by atoms with van der Waals surface area (Å²) in [5.41, 5.74) is 3.32. The lowest BCUT2D eigenvalue weighted by atomic mass is 10.2. The van der Waals surface area contributed by atoms with E-state index in [1.54, 1.807) is 23.4 Å². The molecule has 27 heavy (non-hydrogen) atoms. The predicted octanol–water partition coefficient (Wildman–Crippen LogP) is 2.46. The molecule has 1 N–H and O–H groups in total. The zero-order valence-electron chi connectivity index (χ0n) is 14.8. The highest BCUT2D eigenvalue weighted by atomic mass is 32.1. The largest absolute Gasteiger partial charge is 0.348 e. The average molecular weight is 379 g/mol. The van der Waals surface area contributed by atoms with Gasteiger partial charge in [0.25, 0.3) is 5.91 Å². The highest BCUT2D eigenvalue weighted by Gasteiger charge is 2.18. The number of carbonyl (C=O) groups is 1. The Bertz CT molecular complexity index is 1070. The number of hydrogen-bond acceptors (Lipinski definition) is 6. The van der Waals surface area contributed by atoms with E-state index in [2.05, 4.69) is 25.4 Å². The van der Waals surface area contributed by atoms with Gasteiger partial charge in [-0.3, -0.25) is 9.36 Å². The summed E-state index contributed by atoms with van der Waals surface area (Å²) in [6.45, 7) is 4.23. The van der Waals surface area contributed by atoms with Crippen LogP contribution in [0.3, 0.4) is 0 Å². The van der Waals surface area contributed by atoms with E-state index in [0.29, 0.717) is 17.9 Å². The van der Waals surface area contributed by atoms with Gasteiger partial charge in [-0.05, 0) is 26.0 Å². The number of pyridine rings is 1. The number of aromatic nitrogens is 6. The zero-order valence-corrected chi connectivity index (χ0v) is 15.6. The smallest absolute Gasteiger partial charge is 0.253 e. The van der Waals surface area contributed by atoms with Crippen molar-refractivity contribution in [2.75, 3.05) is 0 Å². The Morgan fingerprint density at radius 3 is 2.89 bits per heavy atom. The summed E-state index contributed by atoms with van der Waals surface area (Å²) in [5, 5.41) is 9.85. The molecule has 0 saturated carbocycles. The van der Waals surface area contributed by atoms with Crippen molar-refractivity contribution in [3.8, 4) is 10.9 Å². The van der Waals surface area contributed by atoms with Crippen molar-refractivity contribution >= 4 is 17.2 Å². The van der Waals surface area contributed by atoms with Crippen LogP contribution in [0, 0.1) is 13.8 Å². The Labute approximate surface area is 159 Å². The second kappa shape index (κ2) is 7.12. The van der Waals surface area contributed by atoms with E-state index in [4.69, 9.17) is 0 Å². The van der Waals surface area contributed by atoms with Crippen LogP contribution in [-0.4, -0.2) is 35.2 Å². The van der Waals surface area contributed by atoms with Gasteiger partial charge < -0.3 is 5.32 Å². The van der Waals surface area contributed by atoms with Crippen molar-refractivity contribution < 1.29 is 4.79 Å². The number of aryl methyl sites for hydroxylation is 1. The first-order valence-corrected chi connectivity index (χ1v) is 9.19. The Morgan fingerprint density at radius 2 is 2.15 bits per heavy atom. The lowest BCUT2D eigenvalue weighted by molar-refractivity contribution is 0.0950. The molecule has 0 fully saturated rings. The summed E-state index contributed by atoms with van der Waals surface area (Å²) in [6.07, 6.45) is 6.47. The van der Waals surface area contributed by atoms with Crippen LogP contribution in [0.5, 0.6) is 0 Å². The van der Waals surface area contributed by atoms with Crippen LogP contribution in [0.15, 0.2) is 48.6 Å². The van der Waals surface area contributed by atoms with Gasteiger partial charge in [0.1, 0.15) is 12.7 Å². The first kappa shape index (κ1) is 17.1. The summed E-state index contributed by atoms with van der Waals surface area (Å²) in [5.74, 6) is 0.503. The summed E-state index contributed by atoms with van der Waals surface area (Å²) in [6, 6.07) is 5.62. The van der Waals surface area contributed by atoms with Gasteiger partial charge in [-0.2, -0.15) is 5.10 Å². The highest BCUT2D eigenvalue weighted by Crippen LogP contribution is 2.22. The number of hydrogen-bond donors (Lipinski definition) is 1. The number of carbonyl (C=O) groups excluding carboxylic acids is 1. The minimum atomic E-state index is -0.140. The molecule has 9 heteroatoms. The summed E-state index contributed by atoms with van der Waals surface area (Å²) in [4.78, 5) is 25.4. The normalized spacial score (nSPS) is 10.9. The predicted molar refractivity (Wildman–Crippen MR) is 101 cm³/mol. The Hall–Kier alpha value is -3.33. The molecule has 0 spiro atoms. The van der Waals surface area contributed by atoms with Crippen molar-refractivity contribution in [2.24, 2.45) is 0 Å². The van der Waals surface area contributed by atoms with Gasteiger partial charge in [-0.1, -0.05) is 6.07 Å². The maximum Gasteiger partial charge on any atom is 0.253 e. The van der Waals surface area contributed by atoms with Crippen LogP contribution in [0.4, 0.5) is 0 Å². The van der Waals surface area contributed by atoms with Gasteiger partial charge in [0, 0.05) is 41.3 Å². The molecule has 0 radical (unpaired) electrons. The average Bonchev–Trinajstić information content (AvgIpc) is 3.42. The first-order valence-electron chi connectivity index (χ1n) is 8.31. The van der Waals surface area contributed by atoms with E-state index >= 15 is 0 Å². The van der Waals surface area contributed by atoms with E-state index < -0.39 is 0 Å². The number of amides is 1. The topological polar surface area (TPSA) is 90.5 Å². The van der Waals surface area contributed by atoms with Crippen LogP contribution in [0.1, 0.15) is 27.3 Å². The fourth-order valence-electron chi connectivity index (χ4n) is 2.98.